The van der Waals surface area contributed by atoms with Crippen molar-refractivity contribution in [3.8, 4) is 0 Å². The van der Waals surface area contributed by atoms with Gasteiger partial charge in [0.05, 0.1) is 0 Å². The third kappa shape index (κ3) is 3.44. The lowest BCUT2D eigenvalue weighted by Crippen LogP contribution is -2.26. The Morgan fingerprint density at radius 3 is 2.76 bits per heavy atom. The molecular weight excluding hydrogens is 212 g/mol. The van der Waals surface area contributed by atoms with E-state index in [0.29, 0.717) is 0 Å². The molecule has 1 aromatic rings. The molecule has 2 rings (SSSR count). The van der Waals surface area contributed by atoms with Crippen LogP contribution in [0, 0.1) is 0 Å². The summed E-state index contributed by atoms with van der Waals surface area (Å²) in [5, 5.41) is 3.19. The van der Waals surface area contributed by atoms with Gasteiger partial charge < -0.3 is 10.2 Å². The molecule has 17 heavy (non-hydrogen) atoms. The minimum atomic E-state index is 0.733. The van der Waals surface area contributed by atoms with Crippen LogP contribution in [0.3, 0.4) is 0 Å². The Hall–Kier alpha value is -1.58. The van der Waals surface area contributed by atoms with Gasteiger partial charge in [0.25, 0.3) is 0 Å². The molecule has 1 aliphatic rings. The van der Waals surface area contributed by atoms with Crippen LogP contribution in [-0.4, -0.2) is 29.6 Å². The average Bonchev–Trinajstić information content (AvgIpc) is 2.65. The Labute approximate surface area is 103 Å². The fourth-order valence-electron chi connectivity index (χ4n) is 2.05. The van der Waals surface area contributed by atoms with Crippen molar-refractivity contribution in [2.75, 3.05) is 29.9 Å². The van der Waals surface area contributed by atoms with E-state index in [0.717, 1.165) is 31.4 Å². The van der Waals surface area contributed by atoms with Gasteiger partial charge in [0.1, 0.15) is 5.82 Å². The molecular formula is C13H20N4. The van der Waals surface area contributed by atoms with Crippen LogP contribution in [0.25, 0.3) is 0 Å². The fourth-order valence-corrected chi connectivity index (χ4v) is 2.05. The molecule has 1 aliphatic heterocycles. The van der Waals surface area contributed by atoms with Crippen molar-refractivity contribution in [3.05, 3.63) is 24.9 Å². The Morgan fingerprint density at radius 2 is 2.06 bits per heavy atom. The summed E-state index contributed by atoms with van der Waals surface area (Å²) in [7, 11) is 0. The van der Waals surface area contributed by atoms with Crippen LogP contribution in [0.5, 0.6) is 0 Å². The number of nitrogens with one attached hydrogen (secondary N) is 1. The molecule has 0 radical (unpaired) electrons. The maximum Gasteiger partial charge on any atom is 0.227 e. The summed E-state index contributed by atoms with van der Waals surface area (Å²) < 4.78 is 0. The molecule has 0 aliphatic carbocycles. The Morgan fingerprint density at radius 1 is 1.29 bits per heavy atom. The van der Waals surface area contributed by atoms with E-state index >= 15 is 0 Å². The number of aromatic nitrogens is 2. The highest BCUT2D eigenvalue weighted by Gasteiger charge is 2.12. The molecule has 0 amide bonds. The number of hydrogen-bond acceptors (Lipinski definition) is 4. The highest BCUT2D eigenvalue weighted by molar-refractivity contribution is 5.41. The van der Waals surface area contributed by atoms with Gasteiger partial charge >= 0.3 is 0 Å². The van der Waals surface area contributed by atoms with Gasteiger partial charge in [0.2, 0.25) is 5.95 Å². The van der Waals surface area contributed by atoms with Gasteiger partial charge in [-0.05, 0) is 18.9 Å². The van der Waals surface area contributed by atoms with Crippen molar-refractivity contribution in [1.82, 2.24) is 9.97 Å². The van der Waals surface area contributed by atoms with Crippen LogP contribution < -0.4 is 10.2 Å². The second-order valence-corrected chi connectivity index (χ2v) is 4.31. The Balaban J connectivity index is 2.05. The minimum absolute atomic E-state index is 0.733. The predicted octanol–water partition coefficient (Wildman–Crippen LogP) is 2.45. The molecule has 0 atom stereocenters. The van der Waals surface area contributed by atoms with Crippen molar-refractivity contribution in [1.29, 1.82) is 0 Å². The van der Waals surface area contributed by atoms with E-state index in [9.17, 15) is 0 Å². The zero-order valence-electron chi connectivity index (χ0n) is 10.2. The molecule has 1 saturated heterocycles. The van der Waals surface area contributed by atoms with Crippen LogP contribution >= 0.6 is 0 Å². The summed E-state index contributed by atoms with van der Waals surface area (Å²) in [5.74, 6) is 1.72. The van der Waals surface area contributed by atoms with E-state index in [-0.39, 0.29) is 0 Å². The molecule has 0 aromatic carbocycles. The van der Waals surface area contributed by atoms with Crippen LogP contribution in [0.1, 0.15) is 25.7 Å². The molecule has 0 unspecified atom stereocenters. The second kappa shape index (κ2) is 6.23. The first-order valence-corrected chi connectivity index (χ1v) is 6.33. The van der Waals surface area contributed by atoms with Crippen LogP contribution in [0.2, 0.25) is 0 Å². The molecule has 92 valence electrons. The van der Waals surface area contributed by atoms with Gasteiger partial charge in [0.15, 0.2) is 0 Å². The van der Waals surface area contributed by atoms with Crippen molar-refractivity contribution in [2.24, 2.45) is 0 Å². The van der Waals surface area contributed by atoms with E-state index in [4.69, 9.17) is 0 Å². The fraction of sp³-hybridized carbons (Fsp3) is 0.538. The average molecular weight is 232 g/mol. The standard InChI is InChI=1S/C13H20N4/c1-2-8-14-12-7-9-15-13(16-12)17-10-5-3-4-6-11-17/h2,7,9H,1,3-6,8,10-11H2,(H,14,15,16). The number of hydrogen-bond donors (Lipinski definition) is 1. The minimum Gasteiger partial charge on any atom is -0.366 e. The van der Waals surface area contributed by atoms with Crippen LogP contribution in [-0.2, 0) is 0 Å². The van der Waals surface area contributed by atoms with E-state index in [1.807, 2.05) is 18.3 Å². The van der Waals surface area contributed by atoms with Crippen molar-refractivity contribution in [3.63, 3.8) is 0 Å². The molecule has 4 heteroatoms. The summed E-state index contributed by atoms with van der Waals surface area (Å²) in [4.78, 5) is 11.2. The van der Waals surface area contributed by atoms with Crippen molar-refractivity contribution >= 4 is 11.8 Å². The third-order valence-corrected chi connectivity index (χ3v) is 2.96. The topological polar surface area (TPSA) is 41.1 Å². The molecule has 1 aromatic heterocycles. The Bertz CT molecular complexity index is 356. The van der Waals surface area contributed by atoms with Crippen molar-refractivity contribution < 1.29 is 0 Å². The van der Waals surface area contributed by atoms with Gasteiger partial charge in [-0.15, -0.1) is 6.58 Å². The molecule has 1 fully saturated rings. The van der Waals surface area contributed by atoms with E-state index < -0.39 is 0 Å². The molecule has 2 heterocycles. The lowest BCUT2D eigenvalue weighted by atomic mass is 10.2. The first kappa shape index (κ1) is 11.9. The normalized spacial score (nSPS) is 16.4. The first-order chi connectivity index (χ1) is 8.40. The molecule has 0 spiro atoms. The van der Waals surface area contributed by atoms with E-state index in [1.54, 1.807) is 0 Å². The monoisotopic (exact) mass is 232 g/mol. The molecule has 0 bridgehead atoms. The maximum absolute atomic E-state index is 4.53. The highest BCUT2D eigenvalue weighted by atomic mass is 15.3. The van der Waals surface area contributed by atoms with Gasteiger partial charge in [-0.2, -0.15) is 4.98 Å². The zero-order valence-corrected chi connectivity index (χ0v) is 10.2. The second-order valence-electron chi connectivity index (χ2n) is 4.31. The summed E-state index contributed by atoms with van der Waals surface area (Å²) in [6.07, 6.45) is 8.78. The highest BCUT2D eigenvalue weighted by Crippen LogP contribution is 2.16. The summed E-state index contributed by atoms with van der Waals surface area (Å²) in [5.41, 5.74) is 0. The summed E-state index contributed by atoms with van der Waals surface area (Å²) in [6.45, 7) is 6.57. The molecule has 1 N–H and O–H groups in total. The lowest BCUT2D eigenvalue weighted by Gasteiger charge is -2.20. The Kier molecular flexibility index (Phi) is 4.36. The molecule has 0 saturated carbocycles. The van der Waals surface area contributed by atoms with Gasteiger partial charge in [-0.1, -0.05) is 18.9 Å². The quantitative estimate of drug-likeness (QED) is 0.810. The third-order valence-electron chi connectivity index (χ3n) is 2.96. The van der Waals surface area contributed by atoms with Crippen molar-refractivity contribution in [2.45, 2.75) is 25.7 Å². The van der Waals surface area contributed by atoms with Crippen LogP contribution in [0.15, 0.2) is 24.9 Å². The summed E-state index contributed by atoms with van der Waals surface area (Å²) in [6, 6.07) is 1.89. The zero-order chi connectivity index (χ0) is 11.9. The van der Waals surface area contributed by atoms with E-state index in [2.05, 4.69) is 26.8 Å². The SMILES string of the molecule is C=CCNc1ccnc(N2CCCCCC2)n1. The van der Waals surface area contributed by atoms with Gasteiger partial charge in [0, 0.05) is 25.8 Å². The largest absolute Gasteiger partial charge is 0.366 e. The maximum atomic E-state index is 4.53. The number of rotatable bonds is 4. The predicted molar refractivity (Wildman–Crippen MR) is 71.4 cm³/mol. The molecule has 4 nitrogen and oxygen atoms in total. The number of anilines is 2. The smallest absolute Gasteiger partial charge is 0.227 e. The number of nitrogens with zero attached hydrogens (tertiary/aromatic N) is 3. The van der Waals surface area contributed by atoms with Gasteiger partial charge in [-0.25, -0.2) is 4.98 Å². The van der Waals surface area contributed by atoms with E-state index in [1.165, 1.54) is 25.7 Å². The van der Waals surface area contributed by atoms with Crippen LogP contribution in [0.4, 0.5) is 11.8 Å². The first-order valence-electron chi connectivity index (χ1n) is 6.33. The van der Waals surface area contributed by atoms with Gasteiger partial charge in [-0.3, -0.25) is 0 Å². The lowest BCUT2D eigenvalue weighted by molar-refractivity contribution is 0.726. The summed E-state index contributed by atoms with van der Waals surface area (Å²) >= 11 is 0.